The zero-order valence-corrected chi connectivity index (χ0v) is 64.4. The minimum absolute atomic E-state index is 0.144. The number of rotatable bonds is 30. The van der Waals surface area contributed by atoms with Gasteiger partial charge >= 0.3 is 47.8 Å². The third kappa shape index (κ3) is 48.1. The van der Waals surface area contributed by atoms with Crippen LogP contribution in [0.15, 0.2) is 232 Å². The van der Waals surface area contributed by atoms with Crippen LogP contribution in [0.25, 0.3) is 12.2 Å². The Morgan fingerprint density at radius 3 is 0.836 bits per heavy atom. The van der Waals surface area contributed by atoms with Crippen LogP contribution in [0.1, 0.15) is 166 Å². The topological polar surface area (TPSA) is 381 Å². The number of carbonyl (C=O) groups is 14. The van der Waals surface area contributed by atoms with E-state index >= 15 is 0 Å². The molecule has 0 aliphatic carbocycles. The Balaban J connectivity index is 0. The van der Waals surface area contributed by atoms with Crippen molar-refractivity contribution in [2.75, 3.05) is 23.8 Å². The van der Waals surface area contributed by atoms with Crippen LogP contribution in [0.4, 0.5) is 11.4 Å². The number of unbranched alkanes of at least 4 members (excludes halogenated alkanes) is 4. The second kappa shape index (κ2) is 56.1. The summed E-state index contributed by atoms with van der Waals surface area (Å²) in [7, 11) is 0. The lowest BCUT2D eigenvalue weighted by molar-refractivity contribution is -0.140. The number of amides is 2. The summed E-state index contributed by atoms with van der Waals surface area (Å²) < 4.78 is 19.5. The van der Waals surface area contributed by atoms with E-state index in [2.05, 4.69) is 63.3 Å². The number of carbonyl (C=O) groups excluding carboxylic acids is 10. The average Bonchev–Trinajstić information content (AvgIpc) is 0.911. The lowest BCUT2D eigenvalue weighted by atomic mass is 10.1. The first-order valence-corrected chi connectivity index (χ1v) is 34.0. The molecule has 110 heavy (non-hydrogen) atoms. The maximum Gasteiger partial charge on any atom is 0.338 e. The second-order valence-electron chi connectivity index (χ2n) is 22.6. The van der Waals surface area contributed by atoms with Crippen molar-refractivity contribution in [3.05, 3.63) is 276 Å². The lowest BCUT2D eigenvalue weighted by Crippen LogP contribution is -2.11. The molecule has 0 spiro atoms. The predicted molar refractivity (Wildman–Crippen MR) is 425 cm³/mol. The van der Waals surface area contributed by atoms with Crippen molar-refractivity contribution in [3.63, 3.8) is 0 Å². The maximum atomic E-state index is 11.2. The van der Waals surface area contributed by atoms with E-state index in [9.17, 15) is 67.1 Å². The van der Waals surface area contributed by atoms with Gasteiger partial charge in [0, 0.05) is 74.3 Å². The number of hydrogen-bond acceptors (Lipinski definition) is 18. The Kier molecular flexibility index (Phi) is 50.9. The number of hydrogen-bond donors (Lipinski definition) is 6. The highest BCUT2D eigenvalue weighted by Crippen LogP contribution is 2.18. The summed E-state index contributed by atoms with van der Waals surface area (Å²) >= 11 is 20.9. The summed E-state index contributed by atoms with van der Waals surface area (Å²) in [4.78, 5) is 150. The first-order valence-electron chi connectivity index (χ1n) is 32.5. The standard InChI is InChI=1S/C11H10ClNO2.C11H9ClO3.C11H11NO3.C11H10O4.C10H15ClO3.C10H16O4.C9H7ClO.C9H8O2/c1-7(2)11(15)13-9-5-3-8(4-6-9)10(12)14;1-7(2)11(14)15-9-5-3-8(4-6-9)10(12)13;1-7(2)10(13)12-9-5-3-8(4-6-9)11(14)15;1-7(2)11(14)15-9-5-3-8(4-6-9)10(12)13;2*1-8(2)10(13)14-7-5-3-4-6-9(11)12;2*1-2-7-3-5-8(6-4-7)9(10)11/h3-6H,1H2,2H3,(H,13,15);3-6H,1H2,2H3;3-6H,1H2,2H3,(H,12,13)(H,14,15);3-6H,1H2,2H3,(H,12,13);1,3-7H2,2H3;1,3-7H2,2H3,(H,11,12);2-6H,1H2;2-6H,1H2,(H,10,11). The number of halogens is 4. The smallest absolute Gasteiger partial charge is 0.338 e. The molecule has 0 atom stereocenters. The lowest BCUT2D eigenvalue weighted by Gasteiger charge is -2.04. The minimum Gasteiger partial charge on any atom is -0.481 e. The fourth-order valence-corrected chi connectivity index (χ4v) is 7.26. The van der Waals surface area contributed by atoms with Crippen LogP contribution in [0.3, 0.4) is 0 Å². The van der Waals surface area contributed by atoms with E-state index in [1.807, 2.05) is 0 Å². The highest BCUT2D eigenvalue weighted by molar-refractivity contribution is 6.68. The van der Waals surface area contributed by atoms with Gasteiger partial charge in [-0.2, -0.15) is 0 Å². The molecule has 0 heterocycles. The Morgan fingerprint density at radius 1 is 0.336 bits per heavy atom. The number of aliphatic carboxylic acids is 1. The van der Waals surface area contributed by atoms with Crippen molar-refractivity contribution >= 4 is 150 Å². The molecule has 0 bridgehead atoms. The normalized spacial score (nSPS) is 9.40. The van der Waals surface area contributed by atoms with E-state index < -0.39 is 51.5 Å². The van der Waals surface area contributed by atoms with Gasteiger partial charge in [0.2, 0.25) is 5.24 Å². The van der Waals surface area contributed by atoms with Crippen molar-refractivity contribution in [2.24, 2.45) is 0 Å². The van der Waals surface area contributed by atoms with Gasteiger partial charge in [-0.15, -0.1) is 0 Å². The van der Waals surface area contributed by atoms with Crippen molar-refractivity contribution in [2.45, 2.75) is 92.9 Å². The van der Waals surface area contributed by atoms with Gasteiger partial charge in [-0.1, -0.05) is 89.0 Å². The quantitative estimate of drug-likeness (QED) is 0.00802. The first kappa shape index (κ1) is 99.8. The molecule has 28 heteroatoms. The van der Waals surface area contributed by atoms with Crippen LogP contribution in [-0.2, 0) is 47.8 Å². The van der Waals surface area contributed by atoms with E-state index in [-0.39, 0.29) is 52.1 Å². The van der Waals surface area contributed by atoms with Crippen molar-refractivity contribution < 1.29 is 106 Å². The minimum atomic E-state index is -1.02. The highest BCUT2D eigenvalue weighted by atomic mass is 35.5. The molecule has 6 rings (SSSR count). The number of carboxylic acid groups (broad SMARTS) is 4. The molecule has 0 fully saturated rings. The van der Waals surface area contributed by atoms with Crippen molar-refractivity contribution in [1.29, 1.82) is 0 Å². The molecule has 0 saturated heterocycles. The second-order valence-corrected chi connectivity index (χ2v) is 24.1. The number of nitrogens with one attached hydrogen (secondary N) is 2. The zero-order chi connectivity index (χ0) is 84.2. The van der Waals surface area contributed by atoms with E-state index in [0.29, 0.717) is 105 Å². The summed E-state index contributed by atoms with van der Waals surface area (Å²) in [6.07, 6.45) is 8.36. The number of aromatic carboxylic acids is 3. The Morgan fingerprint density at radius 2 is 0.591 bits per heavy atom. The van der Waals surface area contributed by atoms with Gasteiger partial charge in [-0.05, 0) is 259 Å². The number of anilines is 2. The molecule has 2 amide bonds. The summed E-state index contributed by atoms with van der Waals surface area (Å²) in [5.74, 6) is -5.36. The molecule has 584 valence electrons. The summed E-state index contributed by atoms with van der Waals surface area (Å²) in [5.41, 5.74) is 7.16. The fourth-order valence-electron chi connectivity index (χ4n) is 6.75. The Labute approximate surface area is 657 Å². The Hall–Kier alpha value is -12.2. The van der Waals surface area contributed by atoms with Crippen molar-refractivity contribution in [1.82, 2.24) is 0 Å². The Bertz CT molecular complexity index is 3810. The van der Waals surface area contributed by atoms with Crippen LogP contribution < -0.4 is 20.1 Å². The van der Waals surface area contributed by atoms with Gasteiger partial charge in [-0.3, -0.25) is 33.6 Å². The van der Waals surface area contributed by atoms with Crippen LogP contribution in [0.2, 0.25) is 0 Å². The fraction of sp³-hybridized carbons (Fsp3) is 0.195. The highest BCUT2D eigenvalue weighted by Gasteiger charge is 2.12. The molecule has 0 radical (unpaired) electrons. The largest absolute Gasteiger partial charge is 0.481 e. The first-order chi connectivity index (χ1) is 51.6. The van der Waals surface area contributed by atoms with Crippen LogP contribution in [0.5, 0.6) is 11.5 Å². The molecule has 6 N–H and O–H groups in total. The molecule has 0 aliphatic rings. The van der Waals surface area contributed by atoms with Crippen LogP contribution in [-0.4, -0.2) is 114 Å². The molecule has 0 saturated carbocycles. The number of esters is 4. The van der Waals surface area contributed by atoms with E-state index in [1.54, 1.807) is 120 Å². The number of ether oxygens (including phenoxy) is 4. The number of benzene rings is 6. The summed E-state index contributed by atoms with van der Waals surface area (Å²) in [6.45, 7) is 38.1. The molecule has 6 aromatic rings. The monoisotopic (exact) mass is 1590 g/mol. The number of carboxylic acids is 4. The maximum absolute atomic E-state index is 11.2. The average molecular weight is 1590 g/mol. The third-order valence-corrected chi connectivity index (χ3v) is 13.7. The molecule has 0 aliphatic heterocycles. The van der Waals surface area contributed by atoms with E-state index in [0.717, 1.165) is 36.8 Å². The van der Waals surface area contributed by atoms with Gasteiger partial charge in [0.15, 0.2) is 0 Å². The zero-order valence-electron chi connectivity index (χ0n) is 61.4. The van der Waals surface area contributed by atoms with E-state index in [1.165, 1.54) is 79.7 Å². The molecular weight excluding hydrogens is 1510 g/mol. The van der Waals surface area contributed by atoms with Gasteiger partial charge in [0.05, 0.1) is 29.9 Å². The van der Waals surface area contributed by atoms with Crippen LogP contribution in [0, 0.1) is 0 Å². The molecular formula is C82H86Cl4N2O22. The molecule has 6 aromatic carbocycles. The van der Waals surface area contributed by atoms with Crippen molar-refractivity contribution in [3.8, 4) is 11.5 Å². The molecule has 0 unspecified atom stereocenters. The van der Waals surface area contributed by atoms with Gasteiger partial charge in [-0.25, -0.2) is 33.6 Å². The molecule has 0 aromatic heterocycles. The van der Waals surface area contributed by atoms with Gasteiger partial charge < -0.3 is 50.0 Å². The summed E-state index contributed by atoms with van der Waals surface area (Å²) in [5, 5.41) is 37.5. The summed E-state index contributed by atoms with van der Waals surface area (Å²) in [6, 6.07) is 37.2. The van der Waals surface area contributed by atoms with Gasteiger partial charge in [0.1, 0.15) is 11.5 Å². The predicted octanol–water partition coefficient (Wildman–Crippen LogP) is 17.8. The van der Waals surface area contributed by atoms with Crippen LogP contribution >= 0.6 is 46.4 Å². The third-order valence-electron chi connectivity index (χ3n) is 12.8. The SMILES string of the molecule is C=C(C)C(=O)Nc1ccc(C(=O)Cl)cc1.C=C(C)C(=O)Nc1ccc(C(=O)O)cc1.C=C(C)C(=O)OCCCCCC(=O)Cl.C=C(C)C(=O)OCCCCCC(=O)O.C=C(C)C(=O)Oc1ccc(C(=O)Cl)cc1.C=C(C)C(=O)Oc1ccc(C(=O)O)cc1.C=Cc1ccc(C(=O)Cl)cc1.C=Cc1ccc(C(=O)O)cc1. The van der Waals surface area contributed by atoms with E-state index in [4.69, 9.17) is 85.8 Å². The molecule has 24 nitrogen and oxygen atoms in total. The van der Waals surface area contributed by atoms with Gasteiger partial charge in [0.25, 0.3) is 27.5 Å².